The Morgan fingerprint density at radius 2 is 1.79 bits per heavy atom. The number of esters is 1. The van der Waals surface area contributed by atoms with Gasteiger partial charge in [-0.3, -0.25) is 19.2 Å². The Hall–Kier alpha value is -3.04. The molecule has 0 aromatic heterocycles. The number of rotatable bonds is 9. The van der Waals surface area contributed by atoms with Gasteiger partial charge in [0.25, 0.3) is 0 Å². The van der Waals surface area contributed by atoms with Crippen LogP contribution in [0.2, 0.25) is 0 Å². The molecule has 1 amide bonds. The van der Waals surface area contributed by atoms with Crippen molar-refractivity contribution in [2.75, 3.05) is 13.7 Å². The van der Waals surface area contributed by atoms with Crippen molar-refractivity contribution >= 4 is 23.4 Å². The molecule has 0 heterocycles. The summed E-state index contributed by atoms with van der Waals surface area (Å²) in [6.07, 6.45) is 4.81. The summed E-state index contributed by atoms with van der Waals surface area (Å²) in [6, 6.07) is 7.27. The molecule has 0 bridgehead atoms. The van der Waals surface area contributed by atoms with Gasteiger partial charge in [-0.15, -0.1) is 0 Å². The van der Waals surface area contributed by atoms with Gasteiger partial charge in [-0.2, -0.15) is 0 Å². The van der Waals surface area contributed by atoms with Crippen molar-refractivity contribution in [1.29, 1.82) is 0 Å². The quantitative estimate of drug-likeness (QED) is 0.377. The fraction of sp³-hybridized carbons (Fsp3) is 0.636. The van der Waals surface area contributed by atoms with Crippen LogP contribution in [-0.2, 0) is 30.5 Å². The molecule has 3 saturated carbocycles. The number of carbonyl (C=O) groups is 4. The van der Waals surface area contributed by atoms with Crippen LogP contribution in [0.25, 0.3) is 0 Å². The number of hydrogen-bond donors (Lipinski definition) is 3. The van der Waals surface area contributed by atoms with E-state index in [9.17, 15) is 29.4 Å². The van der Waals surface area contributed by atoms with E-state index in [1.807, 2.05) is 19.1 Å². The molecule has 3 N–H and O–H groups in total. The number of allylic oxidation sites excluding steroid dienone is 1. The SMILES string of the molecule is COc1ccc(CNC(=O)CCC(=O)OCC(=O)[C@@]2(O)CC[C@@H]3[C@H]4CCC5=CC(=O)CC[C@]5(C)[C@@H]4[C@H](O)C[C@]32C)cc1. The van der Waals surface area contributed by atoms with E-state index in [4.69, 9.17) is 9.47 Å². The Morgan fingerprint density at radius 3 is 2.50 bits per heavy atom. The number of fused-ring (bicyclic) bond motifs is 5. The Morgan fingerprint density at radius 1 is 1.05 bits per heavy atom. The van der Waals surface area contributed by atoms with Crippen LogP contribution in [-0.4, -0.2) is 59.1 Å². The zero-order chi connectivity index (χ0) is 30.3. The number of amides is 1. The van der Waals surface area contributed by atoms with E-state index in [2.05, 4.69) is 12.2 Å². The van der Waals surface area contributed by atoms with Crippen LogP contribution >= 0.6 is 0 Å². The Balaban J connectivity index is 1.15. The fourth-order valence-corrected chi connectivity index (χ4v) is 8.74. The molecule has 1 aromatic carbocycles. The molecule has 7 atom stereocenters. The number of hydrogen-bond acceptors (Lipinski definition) is 8. The predicted molar refractivity (Wildman–Crippen MR) is 153 cm³/mol. The third-order valence-corrected chi connectivity index (χ3v) is 11.1. The van der Waals surface area contributed by atoms with Gasteiger partial charge in [0.05, 0.1) is 19.6 Å². The van der Waals surface area contributed by atoms with Gasteiger partial charge in [0.2, 0.25) is 11.7 Å². The topological polar surface area (TPSA) is 139 Å². The van der Waals surface area contributed by atoms with Crippen LogP contribution in [0.15, 0.2) is 35.9 Å². The lowest BCUT2D eigenvalue weighted by atomic mass is 9.45. The number of aliphatic hydroxyl groups is 2. The van der Waals surface area contributed by atoms with E-state index >= 15 is 0 Å². The third-order valence-electron chi connectivity index (χ3n) is 11.1. The monoisotopic (exact) mass is 581 g/mol. The second-order valence-electron chi connectivity index (χ2n) is 13.2. The summed E-state index contributed by atoms with van der Waals surface area (Å²) < 4.78 is 10.3. The number of Topliss-reactive ketones (excluding diaryl/α,β-unsaturated/α-hetero) is 1. The smallest absolute Gasteiger partial charge is 0.306 e. The first-order valence-electron chi connectivity index (χ1n) is 15.1. The van der Waals surface area contributed by atoms with Gasteiger partial charge in [-0.1, -0.05) is 31.6 Å². The molecule has 228 valence electrons. The van der Waals surface area contributed by atoms with Crippen LogP contribution < -0.4 is 10.1 Å². The van der Waals surface area contributed by atoms with E-state index in [0.717, 1.165) is 36.1 Å². The molecular formula is C33H43NO8. The molecule has 4 aliphatic carbocycles. The maximum Gasteiger partial charge on any atom is 0.306 e. The van der Waals surface area contributed by atoms with Crippen molar-refractivity contribution in [3.05, 3.63) is 41.5 Å². The molecule has 9 heteroatoms. The zero-order valence-corrected chi connectivity index (χ0v) is 24.8. The Labute approximate surface area is 247 Å². The van der Waals surface area contributed by atoms with E-state index in [1.165, 1.54) is 0 Å². The summed E-state index contributed by atoms with van der Waals surface area (Å²) in [6.45, 7) is 3.81. The number of ether oxygens (including phenoxy) is 2. The highest BCUT2D eigenvalue weighted by Gasteiger charge is 2.68. The van der Waals surface area contributed by atoms with Gasteiger partial charge in [0.15, 0.2) is 12.4 Å². The number of ketones is 2. The summed E-state index contributed by atoms with van der Waals surface area (Å²) >= 11 is 0. The van der Waals surface area contributed by atoms with E-state index in [0.29, 0.717) is 19.4 Å². The molecule has 9 nitrogen and oxygen atoms in total. The summed E-state index contributed by atoms with van der Waals surface area (Å²) in [5.74, 6) is -0.518. The number of aliphatic hydroxyl groups excluding tert-OH is 1. The Kier molecular flexibility index (Phi) is 8.38. The standard InChI is InChI=1S/C33H43NO8/c1-31-14-12-22(35)16-21(31)6-9-24-25-13-15-33(40,32(25,2)17-26(36)30(24)31)27(37)19-42-29(39)11-10-28(38)34-18-20-4-7-23(41-3)8-5-20/h4-5,7-8,16,24-26,30,36,40H,6,9-15,17-19H2,1-3H3,(H,34,38)/t24-,25-,26-,30+,31+,32-,33+/m1/s1. The van der Waals surface area contributed by atoms with Crippen molar-refractivity contribution < 1.29 is 38.9 Å². The third kappa shape index (κ3) is 5.30. The summed E-state index contributed by atoms with van der Waals surface area (Å²) in [4.78, 5) is 50.1. The highest BCUT2D eigenvalue weighted by atomic mass is 16.5. The average molecular weight is 582 g/mol. The summed E-state index contributed by atoms with van der Waals surface area (Å²) in [5, 5.41) is 26.1. The molecule has 0 unspecified atom stereocenters. The highest BCUT2D eigenvalue weighted by molar-refractivity contribution is 5.92. The maximum atomic E-state index is 13.4. The van der Waals surface area contributed by atoms with Crippen LogP contribution in [0.1, 0.15) is 77.2 Å². The van der Waals surface area contributed by atoms with E-state index in [1.54, 1.807) is 25.3 Å². The lowest BCUT2D eigenvalue weighted by Gasteiger charge is -2.60. The maximum absolute atomic E-state index is 13.4. The Bertz CT molecular complexity index is 1270. The van der Waals surface area contributed by atoms with Crippen LogP contribution in [0, 0.1) is 28.6 Å². The number of methoxy groups -OCH3 is 1. The number of carbonyl (C=O) groups excluding carboxylic acids is 4. The van der Waals surface area contributed by atoms with Gasteiger partial charge in [0, 0.05) is 24.8 Å². The molecule has 0 saturated heterocycles. The van der Waals surface area contributed by atoms with Crippen LogP contribution in [0.3, 0.4) is 0 Å². The molecule has 0 radical (unpaired) electrons. The van der Waals surface area contributed by atoms with Crippen molar-refractivity contribution in [2.45, 2.75) is 89.9 Å². The minimum Gasteiger partial charge on any atom is -0.497 e. The van der Waals surface area contributed by atoms with Crippen LogP contribution in [0.5, 0.6) is 5.75 Å². The number of nitrogens with one attached hydrogen (secondary N) is 1. The first-order chi connectivity index (χ1) is 19.9. The largest absolute Gasteiger partial charge is 0.497 e. The minimum atomic E-state index is -1.71. The van der Waals surface area contributed by atoms with Crippen LogP contribution in [0.4, 0.5) is 0 Å². The summed E-state index contributed by atoms with van der Waals surface area (Å²) in [7, 11) is 1.58. The lowest BCUT2D eigenvalue weighted by molar-refractivity contribution is -0.184. The lowest BCUT2D eigenvalue weighted by Crippen LogP contribution is -2.62. The zero-order valence-electron chi connectivity index (χ0n) is 24.8. The predicted octanol–water partition coefficient (Wildman–Crippen LogP) is 3.44. The second-order valence-corrected chi connectivity index (χ2v) is 13.2. The van der Waals surface area contributed by atoms with Crippen molar-refractivity contribution in [3.8, 4) is 5.75 Å². The fourth-order valence-electron chi connectivity index (χ4n) is 8.74. The van der Waals surface area contributed by atoms with Gasteiger partial charge in [0.1, 0.15) is 11.4 Å². The number of benzene rings is 1. The van der Waals surface area contributed by atoms with Gasteiger partial charge < -0.3 is 25.0 Å². The normalized spacial score (nSPS) is 35.3. The molecule has 5 rings (SSSR count). The molecule has 1 aromatic rings. The molecule has 3 fully saturated rings. The molecule has 0 spiro atoms. The highest BCUT2D eigenvalue weighted by Crippen LogP contribution is 2.67. The van der Waals surface area contributed by atoms with E-state index in [-0.39, 0.29) is 60.5 Å². The van der Waals surface area contributed by atoms with Gasteiger partial charge >= 0.3 is 5.97 Å². The van der Waals surface area contributed by atoms with E-state index < -0.39 is 35.5 Å². The summed E-state index contributed by atoms with van der Waals surface area (Å²) in [5.41, 5.74) is -0.784. The minimum absolute atomic E-state index is 0.0187. The van der Waals surface area contributed by atoms with Gasteiger partial charge in [-0.05, 0) is 85.5 Å². The van der Waals surface area contributed by atoms with Crippen molar-refractivity contribution in [1.82, 2.24) is 5.32 Å². The molecule has 0 aliphatic heterocycles. The van der Waals surface area contributed by atoms with Crippen molar-refractivity contribution in [3.63, 3.8) is 0 Å². The second kappa shape index (κ2) is 11.6. The first kappa shape index (κ1) is 30.4. The molecular weight excluding hydrogens is 538 g/mol. The average Bonchev–Trinajstić information content (AvgIpc) is 3.24. The molecule has 4 aliphatic rings. The van der Waals surface area contributed by atoms with Crippen molar-refractivity contribution in [2.24, 2.45) is 28.6 Å². The molecule has 42 heavy (non-hydrogen) atoms. The van der Waals surface area contributed by atoms with Gasteiger partial charge in [-0.25, -0.2) is 0 Å². The first-order valence-corrected chi connectivity index (χ1v) is 15.1.